The number of thioether (sulfide) groups is 1. The monoisotopic (exact) mass is 937 g/mol. The summed E-state index contributed by atoms with van der Waals surface area (Å²) < 4.78 is 0. The number of nitrogens with one attached hydrogen (secondary N) is 8. The second-order valence-electron chi connectivity index (χ2n) is 16.4. The van der Waals surface area contributed by atoms with Gasteiger partial charge in [0.25, 0.3) is 0 Å². The minimum absolute atomic E-state index is 0.0429. The van der Waals surface area contributed by atoms with Crippen molar-refractivity contribution in [3.05, 3.63) is 18.2 Å². The van der Waals surface area contributed by atoms with Gasteiger partial charge in [-0.2, -0.15) is 11.8 Å². The first-order valence-electron chi connectivity index (χ1n) is 21.5. The lowest BCUT2D eigenvalue weighted by atomic mass is 9.96. The van der Waals surface area contributed by atoms with Crippen molar-refractivity contribution in [1.29, 1.82) is 0 Å². The fourth-order valence-corrected chi connectivity index (χ4v) is 7.53. The van der Waals surface area contributed by atoms with E-state index in [2.05, 4.69) is 52.2 Å². The molecule has 1 aliphatic rings. The molecule has 0 spiro atoms. The Morgan fingerprint density at radius 2 is 1.58 bits per heavy atom. The molecule has 0 aromatic carbocycles. The third kappa shape index (κ3) is 18.6. The van der Waals surface area contributed by atoms with Gasteiger partial charge in [-0.05, 0) is 42.8 Å². The number of aliphatic carboxylic acids is 2. The molecule has 0 saturated carbocycles. The van der Waals surface area contributed by atoms with Gasteiger partial charge in [0, 0.05) is 30.6 Å². The maximum atomic E-state index is 14.2. The molecule has 2 heterocycles. The van der Waals surface area contributed by atoms with Crippen molar-refractivity contribution in [3.63, 3.8) is 0 Å². The molecule has 7 amide bonds. The highest BCUT2D eigenvalue weighted by Gasteiger charge is 2.37. The summed E-state index contributed by atoms with van der Waals surface area (Å²) in [6, 6.07) is -10.5. The van der Waals surface area contributed by atoms with E-state index < -0.39 is 126 Å². The van der Waals surface area contributed by atoms with E-state index in [1.807, 2.05) is 0 Å². The Morgan fingerprint density at radius 3 is 2.15 bits per heavy atom. The number of amides is 7. The number of aromatic nitrogens is 2. The predicted molar refractivity (Wildman–Crippen MR) is 239 cm³/mol. The number of nitrogens with two attached hydrogens (primary N) is 3. The number of hydrogen-bond acceptors (Lipinski definition) is 13. The quantitative estimate of drug-likeness (QED) is 0.0317. The summed E-state index contributed by atoms with van der Waals surface area (Å²) in [5.41, 5.74) is 17.0. The van der Waals surface area contributed by atoms with Crippen LogP contribution in [0.15, 0.2) is 17.5 Å². The molecule has 10 atom stereocenters. The van der Waals surface area contributed by atoms with Crippen molar-refractivity contribution in [3.8, 4) is 0 Å². The number of carbonyl (C=O) groups excluding carboxylic acids is 7. The summed E-state index contributed by atoms with van der Waals surface area (Å²) in [6.07, 6.45) is 2.91. The molecule has 364 valence electrons. The van der Waals surface area contributed by atoms with Crippen LogP contribution in [0.2, 0.25) is 0 Å². The second-order valence-corrected chi connectivity index (χ2v) is 17.5. The van der Waals surface area contributed by atoms with Crippen LogP contribution < -0.4 is 54.4 Å². The molecule has 0 aliphatic carbocycles. The van der Waals surface area contributed by atoms with Crippen molar-refractivity contribution >= 4 is 71.0 Å². The van der Waals surface area contributed by atoms with Crippen LogP contribution in [0, 0.1) is 17.8 Å². The van der Waals surface area contributed by atoms with Gasteiger partial charge < -0.3 is 69.6 Å². The third-order valence-corrected chi connectivity index (χ3v) is 11.9. The number of imidazole rings is 1. The number of nitrogens with zero attached hydrogens (tertiary/aromatic N) is 2. The zero-order valence-electron chi connectivity index (χ0n) is 37.7. The number of hydrogen-bond donors (Lipinski definition) is 13. The van der Waals surface area contributed by atoms with Gasteiger partial charge in [-0.25, -0.2) is 9.78 Å². The maximum Gasteiger partial charge on any atom is 0.326 e. The summed E-state index contributed by atoms with van der Waals surface area (Å²) in [7, 11) is 0. The zero-order chi connectivity index (χ0) is 49.0. The molecular weight excluding hydrogens is 871 g/mol. The minimum atomic E-state index is -1.49. The van der Waals surface area contributed by atoms with Gasteiger partial charge >= 0.3 is 11.9 Å². The Morgan fingerprint density at radius 1 is 0.892 bits per heavy atom. The van der Waals surface area contributed by atoms with E-state index in [1.165, 1.54) is 12.5 Å². The fourth-order valence-electron chi connectivity index (χ4n) is 6.49. The van der Waals surface area contributed by atoms with Gasteiger partial charge in [0.2, 0.25) is 41.4 Å². The van der Waals surface area contributed by atoms with Crippen molar-refractivity contribution in [2.75, 3.05) is 18.1 Å². The Labute approximate surface area is 381 Å². The van der Waals surface area contributed by atoms with Crippen LogP contribution in [0.25, 0.3) is 0 Å². The first kappa shape index (κ1) is 55.2. The summed E-state index contributed by atoms with van der Waals surface area (Å²) in [4.78, 5) is 131. The normalized spacial score (nSPS) is 21.3. The molecule has 16 N–H and O–H groups in total. The zero-order valence-corrected chi connectivity index (χ0v) is 38.5. The van der Waals surface area contributed by atoms with Crippen LogP contribution in [0.5, 0.6) is 0 Å². The van der Waals surface area contributed by atoms with E-state index in [-0.39, 0.29) is 49.7 Å². The van der Waals surface area contributed by atoms with Crippen molar-refractivity contribution in [2.45, 2.75) is 135 Å². The molecule has 0 unspecified atom stereocenters. The van der Waals surface area contributed by atoms with Gasteiger partial charge in [-0.3, -0.25) is 43.3 Å². The molecule has 1 fully saturated rings. The molecule has 1 aliphatic heterocycles. The molecule has 1 saturated heterocycles. The van der Waals surface area contributed by atoms with Crippen LogP contribution in [0.3, 0.4) is 0 Å². The molecule has 25 heteroatoms. The van der Waals surface area contributed by atoms with E-state index >= 15 is 0 Å². The lowest BCUT2D eigenvalue weighted by molar-refractivity contribution is -0.143. The number of H-pyrrole nitrogens is 1. The molecule has 2 rings (SSSR count). The minimum Gasteiger partial charge on any atom is -0.481 e. The van der Waals surface area contributed by atoms with Crippen LogP contribution >= 0.6 is 11.8 Å². The van der Waals surface area contributed by atoms with Crippen LogP contribution in [-0.2, 0) is 49.6 Å². The number of guanidine groups is 1. The predicted octanol–water partition coefficient (Wildman–Crippen LogP) is -2.83. The van der Waals surface area contributed by atoms with Gasteiger partial charge in [0.15, 0.2) is 5.96 Å². The lowest BCUT2D eigenvalue weighted by Gasteiger charge is -2.31. The molecule has 0 radical (unpaired) electrons. The van der Waals surface area contributed by atoms with Crippen molar-refractivity contribution < 1.29 is 53.4 Å². The number of aliphatic imine (C=N–C) groups is 1. The number of carboxylic acid groups (broad SMARTS) is 2. The summed E-state index contributed by atoms with van der Waals surface area (Å²) >= 11 is 1.13. The summed E-state index contributed by atoms with van der Waals surface area (Å²) in [5.74, 6) is -9.97. The first-order chi connectivity index (χ1) is 30.6. The molecular formula is C40H67N13O11S. The highest BCUT2D eigenvalue weighted by molar-refractivity contribution is 7.99. The van der Waals surface area contributed by atoms with Crippen LogP contribution in [-0.4, -0.2) is 146 Å². The van der Waals surface area contributed by atoms with E-state index in [1.54, 1.807) is 41.5 Å². The Balaban J connectivity index is 2.51. The van der Waals surface area contributed by atoms with Crippen LogP contribution in [0.1, 0.15) is 85.8 Å². The number of carbonyl (C=O) groups is 9. The molecule has 1 aromatic heterocycles. The topological polar surface area (TPSA) is 397 Å². The highest BCUT2D eigenvalue weighted by atomic mass is 32.2. The number of carboxylic acids is 2. The Bertz CT molecular complexity index is 1830. The highest BCUT2D eigenvalue weighted by Crippen LogP contribution is 2.16. The standard InChI is InChI=1S/C40H67N13O11S/c1-7-20(5)30-38(62)49-26(14-22-16-44-18-46-22)35(59)50-27(36(60)53-31(39(63)64)21(6)8-2)17-65-13-11-25(34(58)52-30)48-37(61)29(19(3)4)51-33(57)24(10-9-12-45-40(42)43)47-32(56)23(41)15-28(54)55/h16,18-21,23-27,29-31H,7-15,17,41H2,1-6H3,(H,44,46)(H,47,56)(H,48,61)(H,49,62)(H,50,59)(H,51,57)(H,52,58)(H,53,60)(H,54,55)(H,63,64)(H4,42,43,45)/t20-,21-,23-,24-,25-,26-,27-,29-,30-,31-/m0/s1. The summed E-state index contributed by atoms with van der Waals surface area (Å²) in [6.45, 7) is 10.3. The smallest absolute Gasteiger partial charge is 0.326 e. The second kappa shape index (κ2) is 27.4. The maximum absolute atomic E-state index is 14.2. The molecule has 65 heavy (non-hydrogen) atoms. The van der Waals surface area contributed by atoms with Gasteiger partial charge in [-0.1, -0.05) is 54.4 Å². The molecule has 1 aromatic rings. The van der Waals surface area contributed by atoms with Gasteiger partial charge in [0.05, 0.1) is 18.8 Å². The van der Waals surface area contributed by atoms with Gasteiger partial charge in [-0.15, -0.1) is 0 Å². The Hall–Kier alpha value is -5.98. The number of rotatable bonds is 22. The van der Waals surface area contributed by atoms with E-state index in [9.17, 15) is 48.3 Å². The van der Waals surface area contributed by atoms with Crippen molar-refractivity contribution in [2.24, 2.45) is 39.9 Å². The average molecular weight is 938 g/mol. The van der Waals surface area contributed by atoms with Crippen molar-refractivity contribution in [1.82, 2.24) is 47.2 Å². The number of aromatic amines is 1. The third-order valence-electron chi connectivity index (χ3n) is 10.8. The SMILES string of the molecule is CC[C@H](C)[C@H](NC(=O)[C@@H]1CSCC[C@H](NC(=O)[C@@H](NC(=O)[C@H](CCCN=C(N)N)NC(=O)[C@@H](N)CC(=O)O)C(C)C)C(=O)N[C@@H]([C@@H](C)CC)C(=O)N[C@@H](Cc2cnc[nH]2)C(=O)N1)C(=O)O. The van der Waals surface area contributed by atoms with Crippen LogP contribution in [0.4, 0.5) is 0 Å². The summed E-state index contributed by atoms with van der Waals surface area (Å²) in [5, 5.41) is 37.4. The van der Waals surface area contributed by atoms with E-state index in [0.29, 0.717) is 18.5 Å². The largest absolute Gasteiger partial charge is 0.481 e. The first-order valence-corrected chi connectivity index (χ1v) is 22.7. The fraction of sp³-hybridized carbons (Fsp3) is 0.675. The molecule has 24 nitrogen and oxygen atoms in total. The van der Waals surface area contributed by atoms with Gasteiger partial charge in [0.1, 0.15) is 42.3 Å². The Kier molecular flexibility index (Phi) is 23.2. The lowest BCUT2D eigenvalue weighted by Crippen LogP contribution is -2.62. The van der Waals surface area contributed by atoms with E-state index in [4.69, 9.17) is 22.3 Å². The average Bonchev–Trinajstić information content (AvgIpc) is 3.76. The van der Waals surface area contributed by atoms with E-state index in [0.717, 1.165) is 11.8 Å². The molecule has 0 bridgehead atoms.